The molecular weight excluding hydrogens is 328 g/mol. The van der Waals surface area contributed by atoms with Crippen LogP contribution in [0.5, 0.6) is 0 Å². The molecule has 0 radical (unpaired) electrons. The standard InChI is InChI=1S/C17H15BrN2O/c18-15-6-4-5-13(9-15)10-17(21)14-11-19-20(12-14)16-7-2-1-3-8-16/h1-9,11-12,17,21H,10H2. The summed E-state index contributed by atoms with van der Waals surface area (Å²) in [6, 6.07) is 17.8. The van der Waals surface area contributed by atoms with Gasteiger partial charge in [-0.2, -0.15) is 5.10 Å². The molecule has 1 N–H and O–H groups in total. The van der Waals surface area contributed by atoms with Crippen molar-refractivity contribution in [3.63, 3.8) is 0 Å². The van der Waals surface area contributed by atoms with E-state index in [-0.39, 0.29) is 0 Å². The van der Waals surface area contributed by atoms with Crippen LogP contribution in [0.15, 0.2) is 71.5 Å². The van der Waals surface area contributed by atoms with E-state index >= 15 is 0 Å². The quantitative estimate of drug-likeness (QED) is 0.780. The third kappa shape index (κ3) is 3.40. The van der Waals surface area contributed by atoms with Crippen LogP contribution in [-0.2, 0) is 6.42 Å². The van der Waals surface area contributed by atoms with Crippen LogP contribution in [0.25, 0.3) is 5.69 Å². The van der Waals surface area contributed by atoms with Gasteiger partial charge in [0.1, 0.15) is 0 Å². The second-order valence-corrected chi connectivity index (χ2v) is 5.82. The number of halogens is 1. The van der Waals surface area contributed by atoms with Crippen molar-refractivity contribution in [2.24, 2.45) is 0 Å². The molecule has 0 aliphatic heterocycles. The summed E-state index contributed by atoms with van der Waals surface area (Å²) in [5.41, 5.74) is 2.89. The molecule has 1 heterocycles. The molecule has 0 saturated carbocycles. The van der Waals surface area contributed by atoms with Crippen LogP contribution in [0.2, 0.25) is 0 Å². The van der Waals surface area contributed by atoms with E-state index in [9.17, 15) is 5.11 Å². The van der Waals surface area contributed by atoms with Gasteiger partial charge in [0.25, 0.3) is 0 Å². The van der Waals surface area contributed by atoms with Crippen molar-refractivity contribution in [2.75, 3.05) is 0 Å². The maximum atomic E-state index is 10.4. The van der Waals surface area contributed by atoms with E-state index in [2.05, 4.69) is 21.0 Å². The first-order valence-electron chi connectivity index (χ1n) is 6.75. The molecule has 21 heavy (non-hydrogen) atoms. The number of benzene rings is 2. The molecule has 3 nitrogen and oxygen atoms in total. The number of hydrogen-bond acceptors (Lipinski definition) is 2. The number of aromatic nitrogens is 2. The fourth-order valence-electron chi connectivity index (χ4n) is 2.24. The first kappa shape index (κ1) is 14.0. The van der Waals surface area contributed by atoms with Crippen LogP contribution in [0.4, 0.5) is 0 Å². The van der Waals surface area contributed by atoms with Gasteiger partial charge in [-0.05, 0) is 29.8 Å². The number of aliphatic hydroxyl groups excluding tert-OH is 1. The summed E-state index contributed by atoms with van der Waals surface area (Å²) in [6.45, 7) is 0. The molecule has 1 atom stereocenters. The van der Waals surface area contributed by atoms with E-state index < -0.39 is 6.10 Å². The lowest BCUT2D eigenvalue weighted by atomic mass is 10.0. The van der Waals surface area contributed by atoms with Crippen molar-refractivity contribution in [1.82, 2.24) is 9.78 Å². The zero-order chi connectivity index (χ0) is 14.7. The molecule has 0 saturated heterocycles. The topological polar surface area (TPSA) is 38.1 Å². The van der Waals surface area contributed by atoms with Crippen molar-refractivity contribution < 1.29 is 5.11 Å². The zero-order valence-corrected chi connectivity index (χ0v) is 12.9. The van der Waals surface area contributed by atoms with E-state index in [4.69, 9.17) is 0 Å². The number of nitrogens with zero attached hydrogens (tertiary/aromatic N) is 2. The lowest BCUT2D eigenvalue weighted by Crippen LogP contribution is -2.01. The van der Waals surface area contributed by atoms with Gasteiger partial charge in [0.15, 0.2) is 0 Å². The van der Waals surface area contributed by atoms with Crippen molar-refractivity contribution in [3.8, 4) is 5.69 Å². The molecule has 2 aromatic carbocycles. The molecule has 0 aliphatic rings. The zero-order valence-electron chi connectivity index (χ0n) is 11.4. The van der Waals surface area contributed by atoms with E-state index in [1.165, 1.54) is 0 Å². The molecule has 4 heteroatoms. The molecule has 1 aromatic heterocycles. The Labute approximate surface area is 132 Å². The fourth-order valence-corrected chi connectivity index (χ4v) is 2.68. The van der Waals surface area contributed by atoms with Crippen molar-refractivity contribution >= 4 is 15.9 Å². The van der Waals surface area contributed by atoms with Gasteiger partial charge in [-0.15, -0.1) is 0 Å². The minimum absolute atomic E-state index is 0.559. The lowest BCUT2D eigenvalue weighted by Gasteiger charge is -2.08. The Kier molecular flexibility index (Phi) is 4.18. The number of aliphatic hydroxyl groups is 1. The predicted molar refractivity (Wildman–Crippen MR) is 86.4 cm³/mol. The smallest absolute Gasteiger partial charge is 0.0860 e. The van der Waals surface area contributed by atoms with E-state index in [0.29, 0.717) is 6.42 Å². The molecule has 3 aromatic rings. The van der Waals surface area contributed by atoms with Crippen LogP contribution in [-0.4, -0.2) is 14.9 Å². The molecule has 1 unspecified atom stereocenters. The van der Waals surface area contributed by atoms with Crippen LogP contribution in [0.1, 0.15) is 17.2 Å². The van der Waals surface area contributed by atoms with Crippen molar-refractivity contribution in [2.45, 2.75) is 12.5 Å². The van der Waals surface area contributed by atoms with Crippen LogP contribution in [0.3, 0.4) is 0 Å². The summed E-state index contributed by atoms with van der Waals surface area (Å²) in [4.78, 5) is 0. The van der Waals surface area contributed by atoms with Gasteiger partial charge in [-0.3, -0.25) is 0 Å². The monoisotopic (exact) mass is 342 g/mol. The van der Waals surface area contributed by atoms with Gasteiger partial charge in [-0.1, -0.05) is 46.3 Å². The van der Waals surface area contributed by atoms with E-state index in [1.54, 1.807) is 10.9 Å². The molecule has 0 fully saturated rings. The van der Waals surface area contributed by atoms with Gasteiger partial charge in [0, 0.05) is 22.7 Å². The number of para-hydroxylation sites is 1. The van der Waals surface area contributed by atoms with E-state index in [1.807, 2.05) is 60.8 Å². The average Bonchev–Trinajstić information content (AvgIpc) is 2.98. The van der Waals surface area contributed by atoms with Gasteiger partial charge >= 0.3 is 0 Å². The highest BCUT2D eigenvalue weighted by Crippen LogP contribution is 2.21. The lowest BCUT2D eigenvalue weighted by molar-refractivity contribution is 0.178. The van der Waals surface area contributed by atoms with Gasteiger partial charge in [-0.25, -0.2) is 4.68 Å². The summed E-state index contributed by atoms with van der Waals surface area (Å²) >= 11 is 3.44. The minimum Gasteiger partial charge on any atom is -0.388 e. The number of rotatable bonds is 4. The van der Waals surface area contributed by atoms with Crippen LogP contribution >= 0.6 is 15.9 Å². The van der Waals surface area contributed by atoms with Crippen LogP contribution in [0, 0.1) is 0 Å². The Morgan fingerprint density at radius 1 is 1.10 bits per heavy atom. The third-order valence-corrected chi connectivity index (χ3v) is 3.82. The normalized spacial score (nSPS) is 12.3. The Bertz CT molecular complexity index is 724. The molecule has 3 rings (SSSR count). The predicted octanol–water partition coefficient (Wildman–Crippen LogP) is 3.91. The average molecular weight is 343 g/mol. The molecule has 0 aliphatic carbocycles. The molecule has 0 amide bonds. The van der Waals surface area contributed by atoms with Gasteiger partial charge in [0.2, 0.25) is 0 Å². The van der Waals surface area contributed by atoms with Gasteiger partial charge in [0.05, 0.1) is 18.0 Å². The summed E-state index contributed by atoms with van der Waals surface area (Å²) < 4.78 is 2.80. The van der Waals surface area contributed by atoms with Crippen LogP contribution < -0.4 is 0 Å². The highest BCUT2D eigenvalue weighted by Gasteiger charge is 2.11. The highest BCUT2D eigenvalue weighted by atomic mass is 79.9. The third-order valence-electron chi connectivity index (χ3n) is 3.33. The van der Waals surface area contributed by atoms with Crippen molar-refractivity contribution in [1.29, 1.82) is 0 Å². The summed E-state index contributed by atoms with van der Waals surface area (Å²) in [5.74, 6) is 0. The maximum Gasteiger partial charge on any atom is 0.0860 e. The van der Waals surface area contributed by atoms with E-state index in [0.717, 1.165) is 21.3 Å². The minimum atomic E-state index is -0.559. The maximum absolute atomic E-state index is 10.4. The second-order valence-electron chi connectivity index (χ2n) is 4.90. The molecule has 0 spiro atoms. The first-order valence-corrected chi connectivity index (χ1v) is 7.54. The Balaban J connectivity index is 1.77. The molecule has 106 valence electrons. The fraction of sp³-hybridized carbons (Fsp3) is 0.118. The molecular formula is C17H15BrN2O. The first-order chi connectivity index (χ1) is 10.2. The molecule has 0 bridgehead atoms. The summed E-state index contributed by atoms with van der Waals surface area (Å²) in [5, 5.41) is 14.7. The highest BCUT2D eigenvalue weighted by molar-refractivity contribution is 9.10. The van der Waals surface area contributed by atoms with Gasteiger partial charge < -0.3 is 5.11 Å². The largest absolute Gasteiger partial charge is 0.388 e. The summed E-state index contributed by atoms with van der Waals surface area (Å²) in [7, 11) is 0. The Morgan fingerprint density at radius 2 is 1.90 bits per heavy atom. The second kappa shape index (κ2) is 6.24. The summed E-state index contributed by atoms with van der Waals surface area (Å²) in [6.07, 6.45) is 3.60. The van der Waals surface area contributed by atoms with Crippen molar-refractivity contribution in [3.05, 3.63) is 82.6 Å². The number of hydrogen-bond donors (Lipinski definition) is 1. The Hall–Kier alpha value is -1.91. The Morgan fingerprint density at radius 3 is 2.67 bits per heavy atom. The SMILES string of the molecule is OC(Cc1cccc(Br)c1)c1cnn(-c2ccccc2)c1.